The average molecular weight is 378 g/mol. The van der Waals surface area contributed by atoms with Crippen LogP contribution in [0, 0.1) is 62.1 Å². The largest absolute Gasteiger partial charge is 0.343 e. The third-order valence-corrected chi connectivity index (χ3v) is 6.80. The van der Waals surface area contributed by atoms with Gasteiger partial charge in [0.15, 0.2) is 5.41 Å². The maximum absolute atomic E-state index is 12.0. The van der Waals surface area contributed by atoms with Crippen LogP contribution in [-0.2, 0) is 9.59 Å². The van der Waals surface area contributed by atoms with E-state index in [4.69, 9.17) is 5.41 Å². The van der Waals surface area contributed by atoms with Crippen LogP contribution < -0.4 is 0 Å². The van der Waals surface area contributed by atoms with Crippen LogP contribution in [0.1, 0.15) is 26.7 Å². The monoisotopic (exact) mass is 378 g/mol. The summed E-state index contributed by atoms with van der Waals surface area (Å²) in [6, 6.07) is 6.29. The number of nitrogens with one attached hydrogen (secondary N) is 1. The minimum Gasteiger partial charge on any atom is -0.343 e. The molecule has 1 saturated carbocycles. The van der Waals surface area contributed by atoms with Gasteiger partial charge in [0.25, 0.3) is 0 Å². The van der Waals surface area contributed by atoms with Crippen LogP contribution in [0.5, 0.6) is 0 Å². The SMILES string of the molecule is CC(=O)N1CCC2(CC1)[C@@H]1CN(C(C)=O)CC=C1[C@@H](C#N)C(=N)C2(C#N)C#N. The van der Waals surface area contributed by atoms with Crippen molar-refractivity contribution < 1.29 is 9.59 Å². The van der Waals surface area contributed by atoms with Gasteiger partial charge in [-0.3, -0.25) is 9.59 Å². The lowest BCUT2D eigenvalue weighted by molar-refractivity contribution is -0.133. The van der Waals surface area contributed by atoms with Gasteiger partial charge in [-0.25, -0.2) is 0 Å². The highest BCUT2D eigenvalue weighted by Crippen LogP contribution is 2.61. The molecule has 0 radical (unpaired) electrons. The van der Waals surface area contributed by atoms with E-state index in [-0.39, 0.29) is 23.4 Å². The van der Waals surface area contributed by atoms with E-state index < -0.39 is 16.7 Å². The van der Waals surface area contributed by atoms with Crippen LogP contribution in [0.15, 0.2) is 11.6 Å². The molecule has 8 nitrogen and oxygen atoms in total. The molecule has 0 aromatic rings. The predicted molar refractivity (Wildman–Crippen MR) is 98.2 cm³/mol. The molecule has 3 aliphatic rings. The molecular weight excluding hydrogens is 356 g/mol. The second kappa shape index (κ2) is 6.77. The van der Waals surface area contributed by atoms with Gasteiger partial charge >= 0.3 is 0 Å². The Bertz CT molecular complexity index is 877. The smallest absolute Gasteiger partial charge is 0.219 e. The van der Waals surface area contributed by atoms with Gasteiger partial charge in [-0.15, -0.1) is 0 Å². The summed E-state index contributed by atoms with van der Waals surface area (Å²) in [5.41, 5.74) is -2.09. The Morgan fingerprint density at radius 2 is 1.68 bits per heavy atom. The van der Waals surface area contributed by atoms with Crippen LogP contribution in [-0.4, -0.2) is 53.5 Å². The predicted octanol–water partition coefficient (Wildman–Crippen LogP) is 1.23. The van der Waals surface area contributed by atoms with Crippen molar-refractivity contribution in [3.63, 3.8) is 0 Å². The second-order valence-corrected chi connectivity index (χ2v) is 7.79. The van der Waals surface area contributed by atoms with Gasteiger partial charge in [-0.2, -0.15) is 15.8 Å². The topological polar surface area (TPSA) is 136 Å². The van der Waals surface area contributed by atoms with Crippen LogP contribution in [0.4, 0.5) is 0 Å². The molecular formula is C20H22N6O2. The number of rotatable bonds is 0. The van der Waals surface area contributed by atoms with Gasteiger partial charge in [0.05, 0.1) is 23.9 Å². The first-order chi connectivity index (χ1) is 13.3. The molecule has 8 heteroatoms. The molecule has 2 fully saturated rings. The lowest BCUT2D eigenvalue weighted by Gasteiger charge is -2.58. The third kappa shape index (κ3) is 2.43. The normalized spacial score (nSPS) is 27.7. The van der Waals surface area contributed by atoms with E-state index >= 15 is 0 Å². The molecule has 3 rings (SSSR count). The molecule has 0 unspecified atom stereocenters. The molecule has 1 spiro atoms. The Labute approximate surface area is 164 Å². The molecule has 2 atom stereocenters. The molecule has 2 amide bonds. The maximum Gasteiger partial charge on any atom is 0.219 e. The molecule has 0 aromatic carbocycles. The van der Waals surface area contributed by atoms with Crippen molar-refractivity contribution in [2.45, 2.75) is 26.7 Å². The standard InChI is InChI=1S/C20H22N6O2/c1-13(27)25-7-4-19(5-8-25)17-10-26(14(2)28)6-3-15(17)16(9-21)18(24)20(19,11-22)12-23/h3,16-17,24H,4-8,10H2,1-2H3/t16-,17-/m1/s1. The van der Waals surface area contributed by atoms with Gasteiger partial charge < -0.3 is 15.2 Å². The highest BCUT2D eigenvalue weighted by molar-refractivity contribution is 6.00. The van der Waals surface area contributed by atoms with Crippen LogP contribution >= 0.6 is 0 Å². The van der Waals surface area contributed by atoms with Gasteiger partial charge in [-0.1, -0.05) is 6.08 Å². The highest BCUT2D eigenvalue weighted by Gasteiger charge is 2.66. The quantitative estimate of drug-likeness (QED) is 0.632. The number of carbonyl (C=O) groups excluding carboxylic acids is 2. The lowest BCUT2D eigenvalue weighted by atomic mass is 9.44. The Kier molecular flexibility index (Phi) is 4.73. The molecule has 144 valence electrons. The molecule has 0 aromatic heterocycles. The van der Waals surface area contributed by atoms with E-state index in [1.807, 2.05) is 6.08 Å². The fourth-order valence-electron chi connectivity index (χ4n) is 5.19. The van der Waals surface area contributed by atoms with Crippen LogP contribution in [0.3, 0.4) is 0 Å². The summed E-state index contributed by atoms with van der Waals surface area (Å²) < 4.78 is 0. The minimum absolute atomic E-state index is 0.0695. The summed E-state index contributed by atoms with van der Waals surface area (Å²) in [6.07, 6.45) is 2.57. The summed E-state index contributed by atoms with van der Waals surface area (Å²) in [7, 11) is 0. The molecule has 1 aliphatic carbocycles. The number of piperidine rings is 1. The summed E-state index contributed by atoms with van der Waals surface area (Å²) in [6.45, 7) is 4.39. The van der Waals surface area contributed by atoms with Gasteiger partial charge in [0, 0.05) is 51.4 Å². The van der Waals surface area contributed by atoms with Crippen molar-refractivity contribution in [1.29, 1.82) is 21.2 Å². The number of hydrogen-bond donors (Lipinski definition) is 1. The first-order valence-electron chi connectivity index (χ1n) is 9.30. The third-order valence-electron chi connectivity index (χ3n) is 6.80. The van der Waals surface area contributed by atoms with Gasteiger partial charge in [0.2, 0.25) is 11.8 Å². The van der Waals surface area contributed by atoms with Crippen molar-refractivity contribution in [3.8, 4) is 18.2 Å². The Morgan fingerprint density at radius 3 is 2.14 bits per heavy atom. The van der Waals surface area contributed by atoms with Crippen molar-refractivity contribution >= 4 is 17.5 Å². The average Bonchev–Trinajstić information content (AvgIpc) is 2.69. The van der Waals surface area contributed by atoms with E-state index in [1.54, 1.807) is 9.80 Å². The fourth-order valence-corrected chi connectivity index (χ4v) is 5.19. The summed E-state index contributed by atoms with van der Waals surface area (Å²) >= 11 is 0. The Balaban J connectivity index is 2.18. The first-order valence-corrected chi connectivity index (χ1v) is 9.30. The van der Waals surface area contributed by atoms with E-state index in [2.05, 4.69) is 18.2 Å². The van der Waals surface area contributed by atoms with Crippen molar-refractivity contribution in [2.24, 2.45) is 22.7 Å². The second-order valence-electron chi connectivity index (χ2n) is 7.79. The molecule has 0 bridgehead atoms. The van der Waals surface area contributed by atoms with Crippen LogP contribution in [0.25, 0.3) is 0 Å². The van der Waals surface area contributed by atoms with Crippen molar-refractivity contribution in [1.82, 2.24) is 9.80 Å². The van der Waals surface area contributed by atoms with Gasteiger partial charge in [0.1, 0.15) is 5.92 Å². The Hall–Kier alpha value is -3.18. The number of amides is 2. The highest BCUT2D eigenvalue weighted by atomic mass is 16.2. The molecule has 1 N–H and O–H groups in total. The zero-order valence-electron chi connectivity index (χ0n) is 16.0. The fraction of sp³-hybridized carbons (Fsp3) is 0.600. The number of nitrogens with zero attached hydrogens (tertiary/aromatic N) is 5. The van der Waals surface area contributed by atoms with Crippen molar-refractivity contribution in [3.05, 3.63) is 11.6 Å². The molecule has 2 heterocycles. The first kappa shape index (κ1) is 19.6. The minimum atomic E-state index is -1.75. The van der Waals surface area contributed by atoms with E-state index in [9.17, 15) is 25.4 Å². The zero-order valence-corrected chi connectivity index (χ0v) is 16.0. The summed E-state index contributed by atoms with van der Waals surface area (Å²) in [5.74, 6) is -1.48. The number of nitriles is 3. The lowest BCUT2D eigenvalue weighted by Crippen LogP contribution is -2.64. The molecule has 28 heavy (non-hydrogen) atoms. The number of carbonyl (C=O) groups is 2. The van der Waals surface area contributed by atoms with E-state index in [0.717, 1.165) is 5.57 Å². The summed E-state index contributed by atoms with van der Waals surface area (Å²) in [5, 5.41) is 38.5. The Morgan fingerprint density at radius 1 is 1.11 bits per heavy atom. The van der Waals surface area contributed by atoms with Gasteiger partial charge in [-0.05, 0) is 18.4 Å². The van der Waals surface area contributed by atoms with E-state index in [1.165, 1.54) is 13.8 Å². The molecule has 2 aliphatic heterocycles. The number of hydrogen-bond acceptors (Lipinski definition) is 6. The zero-order chi connectivity index (χ0) is 20.7. The maximum atomic E-state index is 12.0. The number of fused-ring (bicyclic) bond motifs is 2. The van der Waals surface area contributed by atoms with E-state index in [0.29, 0.717) is 39.0 Å². The summed E-state index contributed by atoms with van der Waals surface area (Å²) in [4.78, 5) is 27.1. The van der Waals surface area contributed by atoms with Crippen molar-refractivity contribution in [2.75, 3.05) is 26.2 Å². The molecule has 1 saturated heterocycles. The van der Waals surface area contributed by atoms with Crippen LogP contribution in [0.2, 0.25) is 0 Å². The number of likely N-dealkylation sites (tertiary alicyclic amines) is 1.